The summed E-state index contributed by atoms with van der Waals surface area (Å²) in [6.07, 6.45) is 2.02. The molecule has 3 aromatic carbocycles. The standard InChI is InChI=1S/C21H19NOS2/c1-24-18-11-7-10-17(14-18)22-21(23)19-12-5-6-13-20(19)25-15-16-8-3-2-4-9-16/h2-14H,15H2,1H3,(H,22,23). The zero-order valence-corrected chi connectivity index (χ0v) is 15.6. The van der Waals surface area contributed by atoms with Crippen molar-refractivity contribution in [3.05, 3.63) is 90.0 Å². The van der Waals surface area contributed by atoms with Gasteiger partial charge in [-0.05, 0) is 42.2 Å². The van der Waals surface area contributed by atoms with Crippen molar-refractivity contribution in [2.45, 2.75) is 15.5 Å². The van der Waals surface area contributed by atoms with E-state index >= 15 is 0 Å². The molecule has 0 bridgehead atoms. The average molecular weight is 366 g/mol. The number of nitrogens with one attached hydrogen (secondary N) is 1. The summed E-state index contributed by atoms with van der Waals surface area (Å²) in [4.78, 5) is 14.8. The van der Waals surface area contributed by atoms with Crippen molar-refractivity contribution in [1.82, 2.24) is 0 Å². The minimum atomic E-state index is -0.0746. The van der Waals surface area contributed by atoms with E-state index in [0.717, 1.165) is 21.2 Å². The highest BCUT2D eigenvalue weighted by molar-refractivity contribution is 7.98. The van der Waals surface area contributed by atoms with Crippen LogP contribution < -0.4 is 5.32 Å². The molecule has 0 saturated heterocycles. The third-order valence-electron chi connectivity index (χ3n) is 3.70. The number of carbonyl (C=O) groups excluding carboxylic acids is 1. The van der Waals surface area contributed by atoms with Crippen molar-refractivity contribution >= 4 is 35.1 Å². The molecular weight excluding hydrogens is 346 g/mol. The SMILES string of the molecule is CSc1cccc(NC(=O)c2ccccc2SCc2ccccc2)c1. The van der Waals surface area contributed by atoms with Crippen LogP contribution in [0.5, 0.6) is 0 Å². The van der Waals surface area contributed by atoms with Crippen molar-refractivity contribution in [1.29, 1.82) is 0 Å². The number of carbonyl (C=O) groups is 1. The fourth-order valence-corrected chi connectivity index (χ4v) is 3.88. The summed E-state index contributed by atoms with van der Waals surface area (Å²) in [5.41, 5.74) is 2.77. The maximum atomic E-state index is 12.7. The molecule has 0 aliphatic carbocycles. The Morgan fingerprint density at radius 3 is 2.48 bits per heavy atom. The van der Waals surface area contributed by atoms with Crippen LogP contribution in [-0.4, -0.2) is 12.2 Å². The van der Waals surface area contributed by atoms with Gasteiger partial charge in [0.05, 0.1) is 5.56 Å². The van der Waals surface area contributed by atoms with Crippen molar-refractivity contribution in [2.24, 2.45) is 0 Å². The smallest absolute Gasteiger partial charge is 0.256 e. The van der Waals surface area contributed by atoms with Gasteiger partial charge in [0.2, 0.25) is 0 Å². The third kappa shape index (κ3) is 4.91. The summed E-state index contributed by atoms with van der Waals surface area (Å²) in [5, 5.41) is 3.01. The lowest BCUT2D eigenvalue weighted by Crippen LogP contribution is -2.13. The molecule has 0 heterocycles. The Labute approximate surface area is 157 Å². The first-order chi connectivity index (χ1) is 12.3. The van der Waals surface area contributed by atoms with E-state index < -0.39 is 0 Å². The zero-order chi connectivity index (χ0) is 17.5. The fraction of sp³-hybridized carbons (Fsp3) is 0.0952. The molecular formula is C21H19NOS2. The third-order valence-corrected chi connectivity index (χ3v) is 5.57. The predicted octanol–water partition coefficient (Wildman–Crippen LogP) is 5.95. The van der Waals surface area contributed by atoms with E-state index in [-0.39, 0.29) is 5.91 Å². The molecule has 3 rings (SSSR count). The van der Waals surface area contributed by atoms with Crippen LogP contribution >= 0.6 is 23.5 Å². The van der Waals surface area contributed by atoms with Crippen LogP contribution in [0.1, 0.15) is 15.9 Å². The van der Waals surface area contributed by atoms with E-state index in [0.29, 0.717) is 5.56 Å². The molecule has 126 valence electrons. The van der Waals surface area contributed by atoms with Gasteiger partial charge in [-0.2, -0.15) is 0 Å². The maximum absolute atomic E-state index is 12.7. The lowest BCUT2D eigenvalue weighted by molar-refractivity contribution is 0.102. The molecule has 0 aliphatic rings. The molecule has 0 aliphatic heterocycles. The highest BCUT2D eigenvalue weighted by Gasteiger charge is 2.12. The lowest BCUT2D eigenvalue weighted by atomic mass is 10.2. The molecule has 0 saturated carbocycles. The van der Waals surface area contributed by atoms with Crippen molar-refractivity contribution in [3.63, 3.8) is 0 Å². The minimum Gasteiger partial charge on any atom is -0.322 e. The highest BCUT2D eigenvalue weighted by Crippen LogP contribution is 2.27. The number of anilines is 1. The fourth-order valence-electron chi connectivity index (χ4n) is 2.41. The molecule has 0 unspecified atom stereocenters. The van der Waals surface area contributed by atoms with Crippen LogP contribution in [0.25, 0.3) is 0 Å². The summed E-state index contributed by atoms with van der Waals surface area (Å²) in [5.74, 6) is 0.766. The maximum Gasteiger partial charge on any atom is 0.256 e. The molecule has 0 fully saturated rings. The van der Waals surface area contributed by atoms with Crippen LogP contribution in [0.3, 0.4) is 0 Å². The first-order valence-corrected chi connectivity index (χ1v) is 10.2. The topological polar surface area (TPSA) is 29.1 Å². The van der Waals surface area contributed by atoms with Crippen molar-refractivity contribution in [2.75, 3.05) is 11.6 Å². The number of benzene rings is 3. The molecule has 0 aromatic heterocycles. The van der Waals surface area contributed by atoms with Crippen molar-refractivity contribution in [3.8, 4) is 0 Å². The normalized spacial score (nSPS) is 10.4. The molecule has 0 spiro atoms. The summed E-state index contributed by atoms with van der Waals surface area (Å²) in [6.45, 7) is 0. The quantitative estimate of drug-likeness (QED) is 0.547. The summed E-state index contributed by atoms with van der Waals surface area (Å²) in [7, 11) is 0. The average Bonchev–Trinajstić information content (AvgIpc) is 2.67. The molecule has 1 N–H and O–H groups in total. The summed E-state index contributed by atoms with van der Waals surface area (Å²) >= 11 is 3.34. The van der Waals surface area contributed by atoms with E-state index in [9.17, 15) is 4.79 Å². The minimum absolute atomic E-state index is 0.0746. The van der Waals surface area contributed by atoms with Gasteiger partial charge < -0.3 is 5.32 Å². The summed E-state index contributed by atoms with van der Waals surface area (Å²) < 4.78 is 0. The van der Waals surface area contributed by atoms with Crippen LogP contribution in [-0.2, 0) is 5.75 Å². The second kappa shape index (κ2) is 8.79. The Morgan fingerprint density at radius 2 is 1.68 bits per heavy atom. The molecule has 25 heavy (non-hydrogen) atoms. The van der Waals surface area contributed by atoms with E-state index in [1.54, 1.807) is 23.5 Å². The molecule has 4 heteroatoms. The molecule has 1 amide bonds. The van der Waals surface area contributed by atoms with Gasteiger partial charge in [0.15, 0.2) is 0 Å². The van der Waals surface area contributed by atoms with Gasteiger partial charge in [0, 0.05) is 21.2 Å². The zero-order valence-electron chi connectivity index (χ0n) is 13.9. The first kappa shape index (κ1) is 17.6. The predicted molar refractivity (Wildman–Crippen MR) is 109 cm³/mol. The lowest BCUT2D eigenvalue weighted by Gasteiger charge is -2.10. The van der Waals surface area contributed by atoms with Crippen LogP contribution in [0.15, 0.2) is 88.7 Å². The Morgan fingerprint density at radius 1 is 0.920 bits per heavy atom. The Balaban J connectivity index is 1.74. The van der Waals surface area contributed by atoms with E-state index in [2.05, 4.69) is 17.4 Å². The van der Waals surface area contributed by atoms with Gasteiger partial charge in [0.25, 0.3) is 5.91 Å². The number of amides is 1. The van der Waals surface area contributed by atoms with Gasteiger partial charge in [0.1, 0.15) is 0 Å². The van der Waals surface area contributed by atoms with Gasteiger partial charge >= 0.3 is 0 Å². The van der Waals surface area contributed by atoms with E-state index in [1.165, 1.54) is 5.56 Å². The first-order valence-electron chi connectivity index (χ1n) is 7.97. The van der Waals surface area contributed by atoms with Crippen LogP contribution in [0.2, 0.25) is 0 Å². The summed E-state index contributed by atoms with van der Waals surface area (Å²) in [6, 6.07) is 25.9. The molecule has 0 radical (unpaired) electrons. The van der Waals surface area contributed by atoms with Gasteiger partial charge in [-0.1, -0.05) is 48.5 Å². The largest absolute Gasteiger partial charge is 0.322 e. The van der Waals surface area contributed by atoms with E-state index in [4.69, 9.17) is 0 Å². The Kier molecular flexibility index (Phi) is 6.20. The van der Waals surface area contributed by atoms with Gasteiger partial charge in [-0.25, -0.2) is 0 Å². The number of rotatable bonds is 6. The van der Waals surface area contributed by atoms with Crippen molar-refractivity contribution < 1.29 is 4.79 Å². The molecule has 2 nitrogen and oxygen atoms in total. The van der Waals surface area contributed by atoms with Gasteiger partial charge in [-0.15, -0.1) is 23.5 Å². The van der Waals surface area contributed by atoms with Crippen LogP contribution in [0.4, 0.5) is 5.69 Å². The second-order valence-corrected chi connectivity index (χ2v) is 7.35. The molecule has 3 aromatic rings. The number of hydrogen-bond acceptors (Lipinski definition) is 3. The Hall–Kier alpha value is -2.17. The monoisotopic (exact) mass is 365 g/mol. The van der Waals surface area contributed by atoms with Crippen LogP contribution in [0, 0.1) is 0 Å². The molecule has 0 atom stereocenters. The number of thioether (sulfide) groups is 2. The van der Waals surface area contributed by atoms with E-state index in [1.807, 2.05) is 73.0 Å². The highest BCUT2D eigenvalue weighted by atomic mass is 32.2. The van der Waals surface area contributed by atoms with Gasteiger partial charge in [-0.3, -0.25) is 4.79 Å². The second-order valence-electron chi connectivity index (χ2n) is 5.46. The Bertz CT molecular complexity index is 849. The number of hydrogen-bond donors (Lipinski definition) is 1.